The molecule has 2 aliphatic heterocycles. The smallest absolute Gasteiger partial charge is 0.362 e. The molecule has 2 aliphatic rings. The average Bonchev–Trinajstić information content (AvgIpc) is 3.29. The van der Waals surface area contributed by atoms with E-state index in [4.69, 9.17) is 4.74 Å². The van der Waals surface area contributed by atoms with Gasteiger partial charge in [-0.05, 0) is 42.7 Å². The van der Waals surface area contributed by atoms with Gasteiger partial charge in [0.15, 0.2) is 0 Å². The van der Waals surface area contributed by atoms with Gasteiger partial charge in [-0.2, -0.15) is 13.2 Å². The number of carbonyl (C=O) groups is 3. The molecule has 0 bridgehead atoms. The van der Waals surface area contributed by atoms with Gasteiger partial charge in [0, 0.05) is 31.6 Å². The van der Waals surface area contributed by atoms with Crippen molar-refractivity contribution in [2.45, 2.75) is 37.9 Å². The van der Waals surface area contributed by atoms with Gasteiger partial charge in [-0.15, -0.1) is 0 Å². The first kappa shape index (κ1) is 23.9. The van der Waals surface area contributed by atoms with Crippen LogP contribution in [0.3, 0.4) is 0 Å². The highest BCUT2D eigenvalue weighted by atomic mass is 19.4. The molecule has 1 aromatic heterocycles. The summed E-state index contributed by atoms with van der Waals surface area (Å²) in [6.07, 6.45) is -2.45. The fourth-order valence-corrected chi connectivity index (χ4v) is 4.30. The number of aromatic nitrogens is 1. The molecule has 4 rings (SSSR count). The van der Waals surface area contributed by atoms with Gasteiger partial charge in [-0.25, -0.2) is 0 Å². The van der Waals surface area contributed by atoms with Crippen LogP contribution in [-0.2, 0) is 31.7 Å². The fourth-order valence-electron chi connectivity index (χ4n) is 4.30. The summed E-state index contributed by atoms with van der Waals surface area (Å²) in [6.45, 7) is 0.244. The highest BCUT2D eigenvalue weighted by molar-refractivity contribution is 5.98. The number of hydrogen-bond donors (Lipinski definition) is 0. The van der Waals surface area contributed by atoms with Crippen molar-refractivity contribution >= 4 is 17.7 Å². The number of ether oxygens (including phenoxy) is 1. The van der Waals surface area contributed by atoms with Gasteiger partial charge in [-0.1, -0.05) is 18.2 Å². The number of rotatable bonds is 6. The van der Waals surface area contributed by atoms with E-state index in [-0.39, 0.29) is 38.1 Å². The summed E-state index contributed by atoms with van der Waals surface area (Å²) in [6, 6.07) is 10.2. The molecule has 34 heavy (non-hydrogen) atoms. The number of alkyl halides is 3. The number of morpholine rings is 1. The third-order valence-corrected chi connectivity index (χ3v) is 6.01. The molecule has 180 valence electrons. The Hall–Kier alpha value is -3.27. The quantitative estimate of drug-likeness (QED) is 0.600. The monoisotopic (exact) mass is 475 g/mol. The molecule has 10 heteroatoms. The Kier molecular flexibility index (Phi) is 6.97. The highest BCUT2D eigenvalue weighted by Gasteiger charge is 2.33. The van der Waals surface area contributed by atoms with Gasteiger partial charge in [0.05, 0.1) is 17.3 Å². The van der Waals surface area contributed by atoms with E-state index in [1.807, 2.05) is 12.1 Å². The zero-order valence-electron chi connectivity index (χ0n) is 18.4. The van der Waals surface area contributed by atoms with Gasteiger partial charge in [0.25, 0.3) is 11.8 Å². The first-order valence-corrected chi connectivity index (χ1v) is 11.0. The summed E-state index contributed by atoms with van der Waals surface area (Å²) in [5, 5.41) is 0. The molecule has 0 spiro atoms. The number of nitrogens with zero attached hydrogens (tertiary/aromatic N) is 3. The van der Waals surface area contributed by atoms with Gasteiger partial charge in [0.2, 0.25) is 5.91 Å². The lowest BCUT2D eigenvalue weighted by Crippen LogP contribution is -2.47. The van der Waals surface area contributed by atoms with E-state index in [0.29, 0.717) is 29.9 Å². The number of benzene rings is 1. The number of halogens is 3. The normalized spacial score (nSPS) is 19.1. The van der Waals surface area contributed by atoms with E-state index >= 15 is 0 Å². The Morgan fingerprint density at radius 1 is 1.06 bits per heavy atom. The van der Waals surface area contributed by atoms with E-state index < -0.39 is 23.6 Å². The number of carbonyl (C=O) groups excluding carboxylic acids is 3. The van der Waals surface area contributed by atoms with E-state index in [0.717, 1.165) is 29.9 Å². The molecular weight excluding hydrogens is 451 g/mol. The lowest BCUT2D eigenvalue weighted by Gasteiger charge is -2.28. The predicted octanol–water partition coefficient (Wildman–Crippen LogP) is 3.13. The van der Waals surface area contributed by atoms with Gasteiger partial charge in [0.1, 0.15) is 13.2 Å². The molecule has 2 fully saturated rings. The minimum atomic E-state index is -4.38. The van der Waals surface area contributed by atoms with Crippen molar-refractivity contribution in [1.29, 1.82) is 0 Å². The second-order valence-corrected chi connectivity index (χ2v) is 8.35. The topological polar surface area (TPSA) is 79.8 Å². The van der Waals surface area contributed by atoms with E-state index in [2.05, 4.69) is 4.98 Å². The molecule has 1 atom stereocenters. The van der Waals surface area contributed by atoms with Crippen LogP contribution in [0.1, 0.15) is 47.8 Å². The molecule has 3 heterocycles. The molecule has 0 N–H and O–H groups in total. The first-order valence-electron chi connectivity index (χ1n) is 11.0. The molecule has 0 saturated carbocycles. The van der Waals surface area contributed by atoms with Crippen LogP contribution in [-0.4, -0.2) is 58.8 Å². The molecule has 0 unspecified atom stereocenters. The lowest BCUT2D eigenvalue weighted by atomic mass is 10.1. The van der Waals surface area contributed by atoms with Crippen LogP contribution in [0.25, 0.3) is 0 Å². The molecule has 2 aromatic rings. The zero-order valence-corrected chi connectivity index (χ0v) is 18.4. The second-order valence-electron chi connectivity index (χ2n) is 8.35. The van der Waals surface area contributed by atoms with Crippen molar-refractivity contribution < 1.29 is 32.3 Å². The van der Waals surface area contributed by atoms with Crippen molar-refractivity contribution in [3.05, 3.63) is 65.0 Å². The first-order chi connectivity index (χ1) is 16.2. The van der Waals surface area contributed by atoms with Crippen LogP contribution < -0.4 is 0 Å². The minimum Gasteiger partial charge on any atom is -0.362 e. The Morgan fingerprint density at radius 2 is 1.76 bits per heavy atom. The number of likely N-dealkylation sites (tertiary alicyclic amines) is 1. The number of pyridine rings is 1. The summed E-state index contributed by atoms with van der Waals surface area (Å²) in [5.41, 5.74) is 1.42. The maximum absolute atomic E-state index is 12.9. The zero-order chi connectivity index (χ0) is 24.3. The van der Waals surface area contributed by atoms with Crippen molar-refractivity contribution in [2.75, 3.05) is 26.3 Å². The largest absolute Gasteiger partial charge is 0.416 e. The molecule has 0 aliphatic carbocycles. The van der Waals surface area contributed by atoms with Crippen LogP contribution in [0.15, 0.2) is 42.5 Å². The standard InChI is InChI=1S/C24H24F3N3O4/c25-24(26,27)17-8-6-16(7-9-17)13-18-3-1-4-19(28-18)20-5-2-11-29(20)21(31)10-12-30-22(32)14-34-15-23(30)33/h1,3-4,6-9,20H,2,5,10-15H2/t20-/m0/s1. The summed E-state index contributed by atoms with van der Waals surface area (Å²) >= 11 is 0. The molecule has 3 amide bonds. The Labute approximate surface area is 194 Å². The van der Waals surface area contributed by atoms with Crippen LogP contribution in [0.4, 0.5) is 13.2 Å². The molecule has 2 saturated heterocycles. The van der Waals surface area contributed by atoms with Gasteiger partial charge < -0.3 is 9.64 Å². The Balaban J connectivity index is 1.41. The van der Waals surface area contributed by atoms with E-state index in [1.165, 1.54) is 12.1 Å². The summed E-state index contributed by atoms with van der Waals surface area (Å²) in [7, 11) is 0. The minimum absolute atomic E-state index is 0.0183. The van der Waals surface area contributed by atoms with Crippen molar-refractivity contribution in [3.8, 4) is 0 Å². The third kappa shape index (κ3) is 5.44. The Morgan fingerprint density at radius 3 is 2.44 bits per heavy atom. The van der Waals surface area contributed by atoms with Crippen LogP contribution in [0.5, 0.6) is 0 Å². The Bertz CT molecular complexity index is 1060. The molecule has 1 aromatic carbocycles. The van der Waals surface area contributed by atoms with Gasteiger partial charge in [-0.3, -0.25) is 24.3 Å². The SMILES string of the molecule is O=C1COCC(=O)N1CCC(=O)N1CCC[C@H]1c1cccc(Cc2ccc(C(F)(F)F)cc2)n1. The molecule has 7 nitrogen and oxygen atoms in total. The van der Waals surface area contributed by atoms with Crippen molar-refractivity contribution in [3.63, 3.8) is 0 Å². The molecule has 0 radical (unpaired) electrons. The average molecular weight is 475 g/mol. The summed E-state index contributed by atoms with van der Waals surface area (Å²) in [4.78, 5) is 44.1. The maximum atomic E-state index is 12.9. The van der Waals surface area contributed by atoms with Crippen LogP contribution in [0, 0.1) is 0 Å². The van der Waals surface area contributed by atoms with Crippen LogP contribution >= 0.6 is 0 Å². The second kappa shape index (κ2) is 9.92. The van der Waals surface area contributed by atoms with Gasteiger partial charge >= 0.3 is 6.18 Å². The number of amides is 3. The predicted molar refractivity (Wildman–Crippen MR) is 114 cm³/mol. The highest BCUT2D eigenvalue weighted by Crippen LogP contribution is 2.32. The number of hydrogen-bond acceptors (Lipinski definition) is 5. The molecular formula is C24H24F3N3O4. The van der Waals surface area contributed by atoms with Crippen molar-refractivity contribution in [1.82, 2.24) is 14.8 Å². The fraction of sp³-hybridized carbons (Fsp3) is 0.417. The maximum Gasteiger partial charge on any atom is 0.416 e. The lowest BCUT2D eigenvalue weighted by molar-refractivity contribution is -0.158. The van der Waals surface area contributed by atoms with E-state index in [9.17, 15) is 27.6 Å². The van der Waals surface area contributed by atoms with E-state index in [1.54, 1.807) is 11.0 Å². The summed E-state index contributed by atoms with van der Waals surface area (Å²) in [5.74, 6) is -1.05. The third-order valence-electron chi connectivity index (χ3n) is 6.01. The summed E-state index contributed by atoms with van der Waals surface area (Å²) < 4.78 is 43.2. The van der Waals surface area contributed by atoms with Crippen molar-refractivity contribution in [2.24, 2.45) is 0 Å². The van der Waals surface area contributed by atoms with Crippen LogP contribution in [0.2, 0.25) is 0 Å². The number of imide groups is 1.